The summed E-state index contributed by atoms with van der Waals surface area (Å²) in [5, 5.41) is 2.26. The molecule has 0 N–H and O–H groups in total. The molecule has 0 saturated carbocycles. The van der Waals surface area contributed by atoms with E-state index < -0.39 is 24.4 Å². The molecular weight excluding hydrogens is 489 g/mol. The number of esters is 1. The van der Waals surface area contributed by atoms with E-state index >= 15 is 0 Å². The highest BCUT2D eigenvalue weighted by atomic mass is 35.5. The maximum absolute atomic E-state index is 12.8. The van der Waals surface area contributed by atoms with Gasteiger partial charge < -0.3 is 4.74 Å². The second kappa shape index (κ2) is 8.98. The summed E-state index contributed by atoms with van der Waals surface area (Å²) in [7, 11) is 0. The van der Waals surface area contributed by atoms with Crippen molar-refractivity contribution in [2.45, 2.75) is 0 Å². The number of amides is 2. The summed E-state index contributed by atoms with van der Waals surface area (Å²) in [4.78, 5) is 51.5. The van der Waals surface area contributed by atoms with E-state index in [9.17, 15) is 19.2 Å². The second-order valence-electron chi connectivity index (χ2n) is 7.87. The number of anilines is 1. The lowest BCUT2D eigenvalue weighted by Gasteiger charge is -2.14. The molecule has 0 unspecified atom stereocenters. The number of fused-ring (bicyclic) bond motifs is 2. The highest BCUT2D eigenvalue weighted by Gasteiger charge is 2.37. The largest absolute Gasteiger partial charge is 0.454 e. The van der Waals surface area contributed by atoms with Crippen LogP contribution in [-0.2, 0) is 4.74 Å². The van der Waals surface area contributed by atoms with E-state index in [-0.39, 0.29) is 38.2 Å². The Morgan fingerprint density at radius 3 is 1.91 bits per heavy atom. The average Bonchev–Trinajstić information content (AvgIpc) is 3.11. The molecule has 0 fully saturated rings. The van der Waals surface area contributed by atoms with Crippen molar-refractivity contribution in [1.82, 2.24) is 0 Å². The summed E-state index contributed by atoms with van der Waals surface area (Å²) in [6.45, 7) is -0.418. The Kier molecular flexibility index (Phi) is 5.84. The van der Waals surface area contributed by atoms with Crippen LogP contribution in [0.5, 0.6) is 0 Å². The first kappa shape index (κ1) is 22.8. The van der Waals surface area contributed by atoms with Gasteiger partial charge >= 0.3 is 5.97 Å². The molecule has 8 heteroatoms. The SMILES string of the molecule is O=C(COC(=O)c1ccc(N2C(=O)c3cc(Cl)c(Cl)cc3C2=O)cc1)c1ccc2ccccc2c1. The normalized spacial score (nSPS) is 12.7. The molecule has 0 radical (unpaired) electrons. The minimum absolute atomic E-state index is 0.153. The second-order valence-corrected chi connectivity index (χ2v) is 8.68. The number of Topliss-reactive ketones (excluding diaryl/α,β-unsaturated/α-hetero) is 1. The van der Waals surface area contributed by atoms with Gasteiger partial charge in [-0.25, -0.2) is 9.69 Å². The number of ether oxygens (including phenoxy) is 1. The number of carbonyl (C=O) groups excluding carboxylic acids is 4. The molecule has 0 aliphatic carbocycles. The molecule has 0 bridgehead atoms. The van der Waals surface area contributed by atoms with Crippen LogP contribution in [-0.4, -0.2) is 30.2 Å². The summed E-state index contributed by atoms with van der Waals surface area (Å²) in [5.41, 5.74) is 1.19. The van der Waals surface area contributed by atoms with E-state index in [0.717, 1.165) is 15.7 Å². The molecule has 0 aromatic heterocycles. The lowest BCUT2D eigenvalue weighted by Crippen LogP contribution is -2.29. The zero-order chi connectivity index (χ0) is 24.7. The first-order valence-electron chi connectivity index (χ1n) is 10.5. The fourth-order valence-corrected chi connectivity index (χ4v) is 4.20. The average molecular weight is 504 g/mol. The Morgan fingerprint density at radius 2 is 1.29 bits per heavy atom. The van der Waals surface area contributed by atoms with Gasteiger partial charge in [-0.05, 0) is 53.2 Å². The summed E-state index contributed by atoms with van der Waals surface area (Å²) in [6.07, 6.45) is 0. The number of nitrogens with zero attached hydrogens (tertiary/aromatic N) is 1. The van der Waals surface area contributed by atoms with Crippen molar-refractivity contribution >= 4 is 63.2 Å². The monoisotopic (exact) mass is 503 g/mol. The van der Waals surface area contributed by atoms with Crippen molar-refractivity contribution in [3.05, 3.63) is 111 Å². The number of hydrogen-bond donors (Lipinski definition) is 0. The standard InChI is InChI=1S/C27H15Cl2NO5/c28-22-12-20-21(13-23(22)29)26(33)30(25(20)32)19-9-7-16(8-10-19)27(34)35-14-24(31)18-6-5-15-3-1-2-4-17(15)11-18/h1-13H,14H2. The molecule has 4 aromatic carbocycles. The quantitative estimate of drug-likeness (QED) is 0.190. The first-order valence-corrected chi connectivity index (χ1v) is 11.3. The molecule has 1 heterocycles. The highest BCUT2D eigenvalue weighted by molar-refractivity contribution is 6.44. The topological polar surface area (TPSA) is 80.8 Å². The molecule has 4 aromatic rings. The van der Waals surface area contributed by atoms with Crippen LogP contribution in [0, 0.1) is 0 Å². The van der Waals surface area contributed by atoms with Gasteiger partial charge in [0.05, 0.1) is 32.4 Å². The van der Waals surface area contributed by atoms with E-state index in [1.807, 2.05) is 30.3 Å². The fraction of sp³-hybridized carbons (Fsp3) is 0.0370. The fourth-order valence-electron chi connectivity index (χ4n) is 3.88. The maximum atomic E-state index is 12.8. The third-order valence-electron chi connectivity index (χ3n) is 5.69. The van der Waals surface area contributed by atoms with E-state index in [4.69, 9.17) is 27.9 Å². The third-order valence-corrected chi connectivity index (χ3v) is 6.42. The Morgan fingerprint density at radius 1 is 0.714 bits per heavy atom. The summed E-state index contributed by atoms with van der Waals surface area (Å²) < 4.78 is 5.18. The molecule has 0 saturated heterocycles. The molecule has 35 heavy (non-hydrogen) atoms. The number of ketones is 1. The number of hydrogen-bond acceptors (Lipinski definition) is 5. The van der Waals surface area contributed by atoms with Gasteiger partial charge in [0.1, 0.15) is 0 Å². The Bertz CT molecular complexity index is 1500. The van der Waals surface area contributed by atoms with Crippen molar-refractivity contribution in [3.8, 4) is 0 Å². The summed E-state index contributed by atoms with van der Waals surface area (Å²) >= 11 is 12.0. The van der Waals surface area contributed by atoms with Crippen LogP contribution in [0.25, 0.3) is 10.8 Å². The van der Waals surface area contributed by atoms with E-state index in [0.29, 0.717) is 5.56 Å². The molecule has 2 amide bonds. The van der Waals surface area contributed by atoms with Crippen molar-refractivity contribution in [1.29, 1.82) is 0 Å². The first-order chi connectivity index (χ1) is 16.8. The number of rotatable bonds is 5. The molecule has 172 valence electrons. The summed E-state index contributed by atoms with van der Waals surface area (Å²) in [6, 6.07) is 21.4. The van der Waals surface area contributed by atoms with Crippen molar-refractivity contribution in [3.63, 3.8) is 0 Å². The molecule has 0 spiro atoms. The molecule has 1 aliphatic rings. The molecule has 5 rings (SSSR count). The smallest absolute Gasteiger partial charge is 0.338 e. The van der Waals surface area contributed by atoms with Crippen LogP contribution >= 0.6 is 23.2 Å². The van der Waals surface area contributed by atoms with E-state index in [1.165, 1.54) is 36.4 Å². The van der Waals surface area contributed by atoms with Crippen LogP contribution < -0.4 is 4.90 Å². The van der Waals surface area contributed by atoms with Crippen molar-refractivity contribution in [2.75, 3.05) is 11.5 Å². The molecule has 6 nitrogen and oxygen atoms in total. The zero-order valence-electron chi connectivity index (χ0n) is 18.0. The van der Waals surface area contributed by atoms with Crippen LogP contribution in [0.15, 0.2) is 78.9 Å². The number of carbonyl (C=O) groups is 4. The highest BCUT2D eigenvalue weighted by Crippen LogP contribution is 2.34. The van der Waals surface area contributed by atoms with Gasteiger partial charge in [-0.1, -0.05) is 59.6 Å². The Hall–Kier alpha value is -4.00. The van der Waals surface area contributed by atoms with Crippen LogP contribution in [0.3, 0.4) is 0 Å². The van der Waals surface area contributed by atoms with Gasteiger partial charge in [-0.3, -0.25) is 14.4 Å². The van der Waals surface area contributed by atoms with Crippen LogP contribution in [0.2, 0.25) is 10.0 Å². The third kappa shape index (κ3) is 4.18. The molecular formula is C27H15Cl2NO5. The Labute approximate surface area is 209 Å². The van der Waals surface area contributed by atoms with E-state index in [2.05, 4.69) is 0 Å². The van der Waals surface area contributed by atoms with Gasteiger partial charge in [0, 0.05) is 5.56 Å². The predicted octanol–water partition coefficient (Wildman–Crippen LogP) is 5.99. The lowest BCUT2D eigenvalue weighted by atomic mass is 10.0. The molecule has 0 atom stereocenters. The Balaban J connectivity index is 1.27. The van der Waals surface area contributed by atoms with Crippen molar-refractivity contribution in [2.24, 2.45) is 0 Å². The van der Waals surface area contributed by atoms with Crippen LogP contribution in [0.4, 0.5) is 5.69 Å². The van der Waals surface area contributed by atoms with Gasteiger partial charge in [-0.15, -0.1) is 0 Å². The summed E-state index contributed by atoms with van der Waals surface area (Å²) in [5.74, 6) is -2.12. The van der Waals surface area contributed by atoms with E-state index in [1.54, 1.807) is 12.1 Å². The zero-order valence-corrected chi connectivity index (χ0v) is 19.5. The lowest BCUT2D eigenvalue weighted by molar-refractivity contribution is 0.0475. The van der Waals surface area contributed by atoms with Gasteiger partial charge in [0.15, 0.2) is 12.4 Å². The number of halogens is 2. The number of imide groups is 1. The maximum Gasteiger partial charge on any atom is 0.338 e. The van der Waals surface area contributed by atoms with Gasteiger partial charge in [0.2, 0.25) is 0 Å². The van der Waals surface area contributed by atoms with Crippen LogP contribution in [0.1, 0.15) is 41.4 Å². The minimum atomic E-state index is -0.702. The van der Waals surface area contributed by atoms with Gasteiger partial charge in [0.25, 0.3) is 11.8 Å². The predicted molar refractivity (Wildman–Crippen MR) is 133 cm³/mol. The minimum Gasteiger partial charge on any atom is -0.454 e. The molecule has 1 aliphatic heterocycles. The number of benzene rings is 4. The van der Waals surface area contributed by atoms with Gasteiger partial charge in [-0.2, -0.15) is 0 Å². The van der Waals surface area contributed by atoms with Crippen molar-refractivity contribution < 1.29 is 23.9 Å².